The predicted molar refractivity (Wildman–Crippen MR) is 83.3 cm³/mol. The van der Waals surface area contributed by atoms with E-state index in [1.54, 1.807) is 0 Å². The number of benzene rings is 3. The fraction of sp³-hybridized carbons (Fsp3) is 0.111. The molecule has 2 nitrogen and oxygen atoms in total. The van der Waals surface area contributed by atoms with Gasteiger partial charge in [0.25, 0.3) is 0 Å². The van der Waals surface area contributed by atoms with Crippen LogP contribution in [0.1, 0.15) is 11.1 Å². The van der Waals surface area contributed by atoms with Crippen LogP contribution in [-0.2, 0) is 0 Å². The lowest BCUT2D eigenvalue weighted by Crippen LogP contribution is -2.31. The Morgan fingerprint density at radius 1 is 0.650 bits per heavy atom. The summed E-state index contributed by atoms with van der Waals surface area (Å²) in [6.45, 7) is 3.94. The van der Waals surface area contributed by atoms with Gasteiger partial charge in [-0.05, 0) is 46.5 Å². The van der Waals surface area contributed by atoms with Crippen LogP contribution in [-0.4, -0.2) is 0 Å². The van der Waals surface area contributed by atoms with Crippen molar-refractivity contribution in [2.24, 2.45) is 0 Å². The Kier molecular flexibility index (Phi) is 2.01. The third-order valence-corrected chi connectivity index (χ3v) is 4.23. The highest BCUT2D eigenvalue weighted by Gasteiger charge is 2.19. The molecule has 0 amide bonds. The van der Waals surface area contributed by atoms with Crippen LogP contribution in [0.4, 0.5) is 0 Å². The van der Waals surface area contributed by atoms with E-state index >= 15 is 0 Å². The molecule has 0 aliphatic heterocycles. The van der Waals surface area contributed by atoms with Crippen molar-refractivity contribution in [2.75, 3.05) is 0 Å². The molecule has 4 aromatic rings. The quantitative estimate of drug-likeness (QED) is 0.359. The van der Waals surface area contributed by atoms with Crippen LogP contribution in [0.25, 0.3) is 32.3 Å². The normalized spacial score (nSPS) is 11.9. The number of aryl methyl sites for hydroxylation is 2. The van der Waals surface area contributed by atoms with E-state index in [4.69, 9.17) is 0 Å². The number of hydrogen-bond acceptors (Lipinski definition) is 2. The fourth-order valence-corrected chi connectivity index (χ4v) is 3.25. The van der Waals surface area contributed by atoms with Gasteiger partial charge in [0, 0.05) is 10.8 Å². The van der Waals surface area contributed by atoms with Gasteiger partial charge < -0.3 is 0 Å². The Labute approximate surface area is 115 Å². The lowest BCUT2D eigenvalue weighted by Gasteiger charge is -2.12. The third-order valence-electron chi connectivity index (χ3n) is 4.23. The molecule has 96 valence electrons. The molecule has 0 aromatic heterocycles. The molecule has 0 aliphatic rings. The van der Waals surface area contributed by atoms with Crippen molar-refractivity contribution in [3.8, 4) is 0 Å². The molecule has 20 heavy (non-hydrogen) atoms. The molecule has 0 spiro atoms. The van der Waals surface area contributed by atoms with Crippen molar-refractivity contribution >= 4 is 32.3 Å². The molecule has 0 radical (unpaired) electrons. The Hall–Kier alpha value is -2.48. The van der Waals surface area contributed by atoms with Crippen molar-refractivity contribution in [2.45, 2.75) is 13.8 Å². The average Bonchev–Trinajstić information content (AvgIpc) is 2.46. The summed E-state index contributed by atoms with van der Waals surface area (Å²) >= 11 is 0. The molecule has 0 atom stereocenters. The molecular weight excluding hydrogens is 248 g/mol. The van der Waals surface area contributed by atoms with Crippen LogP contribution in [0.15, 0.2) is 46.0 Å². The van der Waals surface area contributed by atoms with Crippen LogP contribution in [0.3, 0.4) is 0 Å². The Bertz CT molecular complexity index is 1090. The minimum absolute atomic E-state index is 0.342. The van der Waals surface area contributed by atoms with E-state index < -0.39 is 0 Å². The van der Waals surface area contributed by atoms with Gasteiger partial charge in [0.15, 0.2) is 0 Å². The van der Waals surface area contributed by atoms with Crippen molar-refractivity contribution in [1.82, 2.24) is 0 Å². The summed E-state index contributed by atoms with van der Waals surface area (Å²) in [5.41, 5.74) is 1.34. The molecule has 0 aliphatic carbocycles. The lowest BCUT2D eigenvalue weighted by molar-refractivity contribution is 1.47. The van der Waals surface area contributed by atoms with Crippen molar-refractivity contribution in [3.05, 3.63) is 68.0 Å². The van der Waals surface area contributed by atoms with Gasteiger partial charge in [0.05, 0.1) is 0 Å². The van der Waals surface area contributed by atoms with E-state index in [2.05, 4.69) is 12.1 Å². The molecular formula is C18H12O2. The van der Waals surface area contributed by atoms with Crippen LogP contribution >= 0.6 is 0 Å². The first kappa shape index (κ1) is 11.4. The third kappa shape index (κ3) is 1.19. The Morgan fingerprint density at radius 2 is 1.25 bits per heavy atom. The minimum atomic E-state index is -0.344. The van der Waals surface area contributed by atoms with Crippen molar-refractivity contribution in [1.29, 1.82) is 0 Å². The largest absolute Gasteiger partial charge is 0.285 e. The van der Waals surface area contributed by atoms with Crippen molar-refractivity contribution in [3.63, 3.8) is 0 Å². The summed E-state index contributed by atoms with van der Waals surface area (Å²) in [7, 11) is 0. The van der Waals surface area contributed by atoms with Crippen LogP contribution in [0, 0.1) is 13.8 Å². The second kappa shape index (κ2) is 3.54. The van der Waals surface area contributed by atoms with E-state index in [-0.39, 0.29) is 10.9 Å². The molecule has 0 fully saturated rings. The van der Waals surface area contributed by atoms with Gasteiger partial charge >= 0.3 is 0 Å². The van der Waals surface area contributed by atoms with Gasteiger partial charge in [0.1, 0.15) is 0 Å². The smallest absolute Gasteiger partial charge is 0.234 e. The van der Waals surface area contributed by atoms with Gasteiger partial charge in [-0.15, -0.1) is 0 Å². The molecule has 0 bridgehead atoms. The first-order valence-electron chi connectivity index (χ1n) is 6.64. The van der Waals surface area contributed by atoms with E-state index in [0.29, 0.717) is 10.8 Å². The van der Waals surface area contributed by atoms with E-state index in [9.17, 15) is 9.59 Å². The average molecular weight is 260 g/mol. The number of fused-ring (bicyclic) bond motifs is 5. The Morgan fingerprint density at radius 3 is 2.00 bits per heavy atom. The molecule has 0 unspecified atom stereocenters. The minimum Gasteiger partial charge on any atom is -0.285 e. The maximum Gasteiger partial charge on any atom is 0.234 e. The number of rotatable bonds is 0. The molecule has 4 aromatic carbocycles. The van der Waals surface area contributed by atoms with E-state index in [1.807, 2.05) is 38.1 Å². The predicted octanol–water partition coefficient (Wildman–Crippen LogP) is 3.36. The highest BCUT2D eigenvalue weighted by Crippen LogP contribution is 2.33. The molecule has 0 N–H and O–H groups in total. The van der Waals surface area contributed by atoms with Gasteiger partial charge in [-0.1, -0.05) is 36.4 Å². The summed E-state index contributed by atoms with van der Waals surface area (Å²) in [6.07, 6.45) is 0. The fourth-order valence-electron chi connectivity index (χ4n) is 3.25. The zero-order valence-electron chi connectivity index (χ0n) is 11.3. The maximum absolute atomic E-state index is 11.9. The second-order valence-corrected chi connectivity index (χ2v) is 5.44. The SMILES string of the molecule is Cc1cc2c(cc(C)c3c(=O)c(=O)c32)c2ccccc12. The summed E-state index contributed by atoms with van der Waals surface area (Å²) in [6, 6.07) is 12.2. The summed E-state index contributed by atoms with van der Waals surface area (Å²) < 4.78 is 0. The van der Waals surface area contributed by atoms with Gasteiger partial charge in [-0.3, -0.25) is 9.59 Å². The second-order valence-electron chi connectivity index (χ2n) is 5.44. The van der Waals surface area contributed by atoms with Gasteiger partial charge in [-0.25, -0.2) is 0 Å². The summed E-state index contributed by atoms with van der Waals surface area (Å²) in [4.78, 5) is 23.6. The topological polar surface area (TPSA) is 34.1 Å². The standard InChI is InChI=1S/C18H12O2/c1-9-7-14-13(12-6-4-3-5-11(9)12)8-10(2)15-16(14)18(20)17(15)19/h3-8H,1-2H3. The van der Waals surface area contributed by atoms with E-state index in [0.717, 1.165) is 27.3 Å². The zero-order chi connectivity index (χ0) is 14.0. The summed E-state index contributed by atoms with van der Waals surface area (Å²) in [5.74, 6) is 0. The molecule has 0 saturated carbocycles. The first-order valence-corrected chi connectivity index (χ1v) is 6.64. The first-order chi connectivity index (χ1) is 9.59. The Balaban J connectivity index is 2.41. The highest BCUT2D eigenvalue weighted by atomic mass is 16.2. The number of hydrogen-bond donors (Lipinski definition) is 0. The zero-order valence-corrected chi connectivity index (χ0v) is 11.3. The molecule has 4 rings (SSSR count). The van der Waals surface area contributed by atoms with E-state index in [1.165, 1.54) is 5.39 Å². The van der Waals surface area contributed by atoms with Crippen LogP contribution in [0.2, 0.25) is 0 Å². The van der Waals surface area contributed by atoms with Crippen molar-refractivity contribution < 1.29 is 0 Å². The monoisotopic (exact) mass is 260 g/mol. The lowest BCUT2D eigenvalue weighted by atomic mass is 9.89. The molecule has 0 saturated heterocycles. The van der Waals surface area contributed by atoms with Gasteiger partial charge in [-0.2, -0.15) is 0 Å². The summed E-state index contributed by atoms with van der Waals surface area (Å²) in [5, 5.41) is 5.52. The van der Waals surface area contributed by atoms with Crippen LogP contribution in [0.5, 0.6) is 0 Å². The molecule has 0 heterocycles. The molecule has 2 heteroatoms. The van der Waals surface area contributed by atoms with Crippen LogP contribution < -0.4 is 10.9 Å². The maximum atomic E-state index is 11.9. The van der Waals surface area contributed by atoms with Gasteiger partial charge in [0.2, 0.25) is 10.9 Å². The highest BCUT2D eigenvalue weighted by molar-refractivity contribution is 6.20.